The van der Waals surface area contributed by atoms with Crippen molar-refractivity contribution in [2.45, 2.75) is 25.3 Å². The first-order valence-electron chi connectivity index (χ1n) is 4.51. The largest absolute Gasteiger partial charge is 0.343 e. The van der Waals surface area contributed by atoms with Crippen LogP contribution in [-0.4, -0.2) is 37.0 Å². The van der Waals surface area contributed by atoms with Gasteiger partial charge in [-0.05, 0) is 32.9 Å². The van der Waals surface area contributed by atoms with E-state index in [2.05, 4.69) is 12.2 Å². The van der Waals surface area contributed by atoms with Gasteiger partial charge in [0.25, 0.3) is 0 Å². The Morgan fingerprint density at radius 1 is 1.58 bits per heavy atom. The summed E-state index contributed by atoms with van der Waals surface area (Å²) >= 11 is 0. The van der Waals surface area contributed by atoms with Crippen LogP contribution in [0.2, 0.25) is 0 Å². The van der Waals surface area contributed by atoms with E-state index in [0.29, 0.717) is 12.5 Å². The van der Waals surface area contributed by atoms with Gasteiger partial charge in [-0.15, -0.1) is 0 Å². The van der Waals surface area contributed by atoms with Gasteiger partial charge in [0.15, 0.2) is 0 Å². The number of hydrogen-bond donors (Lipinski definition) is 1. The van der Waals surface area contributed by atoms with Crippen LogP contribution in [0.25, 0.3) is 0 Å². The number of carbonyl (C=O) groups is 1. The predicted molar refractivity (Wildman–Crippen MR) is 48.6 cm³/mol. The highest BCUT2D eigenvalue weighted by molar-refractivity contribution is 5.76. The van der Waals surface area contributed by atoms with Crippen LogP contribution in [0.15, 0.2) is 0 Å². The fraction of sp³-hybridized carbons (Fsp3) is 0.778. The maximum absolute atomic E-state index is 11.3. The fourth-order valence-corrected chi connectivity index (χ4v) is 1.57. The third-order valence-electron chi connectivity index (χ3n) is 2.46. The van der Waals surface area contributed by atoms with Crippen molar-refractivity contribution in [1.29, 1.82) is 0 Å². The summed E-state index contributed by atoms with van der Waals surface area (Å²) in [7, 11) is 1.88. The second kappa shape index (κ2) is 4.45. The molecule has 1 N–H and O–H groups in total. The molecular formula is C9H17N2O. The molecular weight excluding hydrogens is 152 g/mol. The summed E-state index contributed by atoms with van der Waals surface area (Å²) in [4.78, 5) is 13.1. The average Bonchev–Trinajstić information content (AvgIpc) is 2.17. The lowest BCUT2D eigenvalue weighted by Crippen LogP contribution is -2.43. The van der Waals surface area contributed by atoms with Gasteiger partial charge >= 0.3 is 0 Å². The molecule has 0 aromatic carbocycles. The second-order valence-electron chi connectivity index (χ2n) is 3.24. The second-order valence-corrected chi connectivity index (χ2v) is 3.24. The van der Waals surface area contributed by atoms with Crippen LogP contribution in [0.3, 0.4) is 0 Å². The van der Waals surface area contributed by atoms with E-state index in [9.17, 15) is 4.79 Å². The van der Waals surface area contributed by atoms with Crippen molar-refractivity contribution in [3.63, 3.8) is 0 Å². The summed E-state index contributed by atoms with van der Waals surface area (Å²) in [5.41, 5.74) is 0. The van der Waals surface area contributed by atoms with Gasteiger partial charge in [-0.25, -0.2) is 0 Å². The summed E-state index contributed by atoms with van der Waals surface area (Å²) in [6.07, 6.45) is 2.52. The lowest BCUT2D eigenvalue weighted by Gasteiger charge is -2.31. The van der Waals surface area contributed by atoms with E-state index in [1.807, 2.05) is 11.9 Å². The standard InChI is InChI=1S/C9H17N2O/c1-3-9(12)11(2)8-4-6-10-7-5-8/h8,10H,1,3-7H2,2H3. The van der Waals surface area contributed by atoms with E-state index in [-0.39, 0.29) is 5.91 Å². The number of nitrogens with one attached hydrogen (secondary N) is 1. The van der Waals surface area contributed by atoms with Crippen LogP contribution in [0, 0.1) is 6.92 Å². The molecule has 0 aromatic rings. The third-order valence-corrected chi connectivity index (χ3v) is 2.46. The molecule has 0 atom stereocenters. The minimum Gasteiger partial charge on any atom is -0.343 e. The van der Waals surface area contributed by atoms with Gasteiger partial charge < -0.3 is 10.2 Å². The lowest BCUT2D eigenvalue weighted by atomic mass is 10.1. The Morgan fingerprint density at radius 3 is 2.67 bits per heavy atom. The fourth-order valence-electron chi connectivity index (χ4n) is 1.57. The van der Waals surface area contributed by atoms with Gasteiger partial charge in [-0.1, -0.05) is 0 Å². The molecule has 1 aliphatic rings. The number of nitrogens with zero attached hydrogens (tertiary/aromatic N) is 1. The van der Waals surface area contributed by atoms with Crippen molar-refractivity contribution in [2.75, 3.05) is 20.1 Å². The number of amides is 1. The molecule has 0 aromatic heterocycles. The first kappa shape index (κ1) is 9.52. The molecule has 1 heterocycles. The van der Waals surface area contributed by atoms with Gasteiger partial charge in [0.05, 0.1) is 0 Å². The molecule has 1 radical (unpaired) electrons. The van der Waals surface area contributed by atoms with Crippen molar-refractivity contribution in [3.8, 4) is 0 Å². The molecule has 69 valence electrons. The van der Waals surface area contributed by atoms with Crippen LogP contribution < -0.4 is 5.32 Å². The highest BCUT2D eigenvalue weighted by atomic mass is 16.2. The molecule has 1 aliphatic heterocycles. The van der Waals surface area contributed by atoms with Crippen molar-refractivity contribution in [2.24, 2.45) is 0 Å². The zero-order valence-corrected chi connectivity index (χ0v) is 7.68. The van der Waals surface area contributed by atoms with Gasteiger partial charge in [0.2, 0.25) is 5.91 Å². The Kier molecular flexibility index (Phi) is 3.53. The first-order valence-corrected chi connectivity index (χ1v) is 4.51. The van der Waals surface area contributed by atoms with E-state index in [1.165, 1.54) is 0 Å². The van der Waals surface area contributed by atoms with E-state index in [0.717, 1.165) is 25.9 Å². The molecule has 3 nitrogen and oxygen atoms in total. The van der Waals surface area contributed by atoms with Crippen molar-refractivity contribution in [1.82, 2.24) is 10.2 Å². The summed E-state index contributed by atoms with van der Waals surface area (Å²) < 4.78 is 0. The van der Waals surface area contributed by atoms with E-state index in [1.54, 1.807) is 0 Å². The van der Waals surface area contributed by atoms with Crippen LogP contribution in [-0.2, 0) is 4.79 Å². The normalized spacial score (nSPS) is 19.2. The monoisotopic (exact) mass is 169 g/mol. The zero-order valence-electron chi connectivity index (χ0n) is 7.68. The number of carbonyl (C=O) groups excluding carboxylic acids is 1. The Bertz CT molecular complexity index is 153. The molecule has 1 saturated heterocycles. The van der Waals surface area contributed by atoms with Crippen molar-refractivity contribution < 1.29 is 4.79 Å². The smallest absolute Gasteiger partial charge is 0.222 e. The van der Waals surface area contributed by atoms with Crippen LogP contribution >= 0.6 is 0 Å². The number of hydrogen-bond acceptors (Lipinski definition) is 2. The molecule has 1 fully saturated rings. The van der Waals surface area contributed by atoms with Gasteiger partial charge in [0.1, 0.15) is 0 Å². The molecule has 0 aliphatic carbocycles. The van der Waals surface area contributed by atoms with Gasteiger partial charge in [0, 0.05) is 19.5 Å². The Morgan fingerprint density at radius 2 is 2.17 bits per heavy atom. The molecule has 0 saturated carbocycles. The third kappa shape index (κ3) is 2.21. The van der Waals surface area contributed by atoms with E-state index >= 15 is 0 Å². The molecule has 1 rings (SSSR count). The zero-order chi connectivity index (χ0) is 8.97. The maximum Gasteiger partial charge on any atom is 0.222 e. The highest BCUT2D eigenvalue weighted by Gasteiger charge is 2.20. The highest BCUT2D eigenvalue weighted by Crippen LogP contribution is 2.10. The Labute approximate surface area is 74.1 Å². The maximum atomic E-state index is 11.3. The molecule has 3 heteroatoms. The molecule has 1 amide bonds. The van der Waals surface area contributed by atoms with Crippen LogP contribution in [0.1, 0.15) is 19.3 Å². The number of rotatable bonds is 2. The molecule has 0 bridgehead atoms. The van der Waals surface area contributed by atoms with Crippen LogP contribution in [0.4, 0.5) is 0 Å². The Balaban J connectivity index is 2.39. The minimum absolute atomic E-state index is 0.155. The first-order chi connectivity index (χ1) is 5.75. The van der Waals surface area contributed by atoms with Gasteiger partial charge in [-0.2, -0.15) is 0 Å². The van der Waals surface area contributed by atoms with E-state index in [4.69, 9.17) is 0 Å². The van der Waals surface area contributed by atoms with E-state index < -0.39 is 0 Å². The van der Waals surface area contributed by atoms with Crippen molar-refractivity contribution >= 4 is 5.91 Å². The molecule has 12 heavy (non-hydrogen) atoms. The summed E-state index contributed by atoms with van der Waals surface area (Å²) in [6.45, 7) is 5.65. The SMILES string of the molecule is [CH2]CC(=O)N(C)C1CCNCC1. The summed E-state index contributed by atoms with van der Waals surface area (Å²) in [6, 6.07) is 0.431. The minimum atomic E-state index is 0.155. The molecule has 0 spiro atoms. The average molecular weight is 169 g/mol. The predicted octanol–water partition coefficient (Wildman–Crippen LogP) is 0.421. The lowest BCUT2D eigenvalue weighted by molar-refractivity contribution is -0.131. The van der Waals surface area contributed by atoms with Gasteiger partial charge in [-0.3, -0.25) is 4.79 Å². The summed E-state index contributed by atoms with van der Waals surface area (Å²) in [5.74, 6) is 0.155. The van der Waals surface area contributed by atoms with Crippen molar-refractivity contribution in [3.05, 3.63) is 6.92 Å². The Hall–Kier alpha value is -0.570. The quantitative estimate of drug-likeness (QED) is 0.650. The number of piperidine rings is 1. The molecule has 0 unspecified atom stereocenters. The van der Waals surface area contributed by atoms with Crippen LogP contribution in [0.5, 0.6) is 0 Å². The topological polar surface area (TPSA) is 32.3 Å². The summed E-state index contributed by atoms with van der Waals surface area (Å²) in [5, 5.41) is 3.27.